The van der Waals surface area contributed by atoms with Crippen LogP contribution in [0.3, 0.4) is 0 Å². The molecule has 0 saturated carbocycles. The number of methoxy groups -OCH3 is 1. The Morgan fingerprint density at radius 1 is 1.23 bits per heavy atom. The molecular formula is C20H23N3O3. The molecule has 0 radical (unpaired) electrons. The zero-order valence-corrected chi connectivity index (χ0v) is 14.7. The molecule has 136 valence electrons. The van der Waals surface area contributed by atoms with Crippen LogP contribution < -0.4 is 20.7 Å². The standard InChI is InChI=1S/C20H23N3O3/c1-26-17-9-7-16(8-10-17)23-13-15(11-19(23)24)20(25)22-12-18(21)14-5-3-2-4-6-14/h2-10,15,18H,11-13,21H2,1H3,(H,22,25). The number of carbonyl (C=O) groups is 2. The van der Waals surface area contributed by atoms with Gasteiger partial charge in [0.2, 0.25) is 11.8 Å². The SMILES string of the molecule is COc1ccc(N2CC(C(=O)NCC(N)c3ccccc3)CC2=O)cc1. The van der Waals surface area contributed by atoms with Crippen molar-refractivity contribution in [2.24, 2.45) is 11.7 Å². The van der Waals surface area contributed by atoms with E-state index in [0.29, 0.717) is 13.1 Å². The van der Waals surface area contributed by atoms with E-state index in [-0.39, 0.29) is 30.2 Å². The van der Waals surface area contributed by atoms with Gasteiger partial charge in [-0.1, -0.05) is 30.3 Å². The minimum Gasteiger partial charge on any atom is -0.497 e. The van der Waals surface area contributed by atoms with E-state index in [2.05, 4.69) is 5.32 Å². The lowest BCUT2D eigenvalue weighted by molar-refractivity contribution is -0.126. The first kappa shape index (κ1) is 17.9. The minimum atomic E-state index is -0.368. The smallest absolute Gasteiger partial charge is 0.227 e. The number of amides is 2. The Balaban J connectivity index is 1.56. The van der Waals surface area contributed by atoms with Crippen LogP contribution in [0.1, 0.15) is 18.0 Å². The summed E-state index contributed by atoms with van der Waals surface area (Å²) in [4.78, 5) is 26.4. The van der Waals surface area contributed by atoms with Crippen molar-refractivity contribution in [1.82, 2.24) is 5.32 Å². The Labute approximate surface area is 152 Å². The maximum atomic E-state index is 12.4. The van der Waals surface area contributed by atoms with Gasteiger partial charge in [-0.2, -0.15) is 0 Å². The summed E-state index contributed by atoms with van der Waals surface area (Å²) in [5.41, 5.74) is 7.85. The fraction of sp³-hybridized carbons (Fsp3) is 0.300. The molecule has 0 bridgehead atoms. The number of benzene rings is 2. The summed E-state index contributed by atoms with van der Waals surface area (Å²) < 4.78 is 5.13. The van der Waals surface area contributed by atoms with Crippen molar-refractivity contribution in [2.75, 3.05) is 25.1 Å². The molecule has 2 unspecified atom stereocenters. The molecule has 1 fully saturated rings. The van der Waals surface area contributed by atoms with Gasteiger partial charge in [-0.15, -0.1) is 0 Å². The first-order valence-electron chi connectivity index (χ1n) is 8.61. The maximum absolute atomic E-state index is 12.4. The van der Waals surface area contributed by atoms with Crippen molar-refractivity contribution < 1.29 is 14.3 Å². The lowest BCUT2D eigenvalue weighted by atomic mass is 10.1. The quantitative estimate of drug-likeness (QED) is 0.830. The molecule has 3 rings (SSSR count). The van der Waals surface area contributed by atoms with Crippen LogP contribution in [0.25, 0.3) is 0 Å². The van der Waals surface area contributed by atoms with Crippen LogP contribution in [-0.4, -0.2) is 32.0 Å². The fourth-order valence-corrected chi connectivity index (χ4v) is 3.07. The molecule has 0 aromatic heterocycles. The van der Waals surface area contributed by atoms with Crippen LogP contribution in [0.2, 0.25) is 0 Å². The Kier molecular flexibility index (Phi) is 5.53. The monoisotopic (exact) mass is 353 g/mol. The average Bonchev–Trinajstić information content (AvgIpc) is 3.08. The van der Waals surface area contributed by atoms with Crippen molar-refractivity contribution in [2.45, 2.75) is 12.5 Å². The molecule has 3 N–H and O–H groups in total. The second kappa shape index (κ2) is 8.01. The Bertz CT molecular complexity index is 762. The van der Waals surface area contributed by atoms with E-state index in [4.69, 9.17) is 10.5 Å². The number of anilines is 1. The molecule has 1 aliphatic rings. The maximum Gasteiger partial charge on any atom is 0.227 e. The van der Waals surface area contributed by atoms with E-state index in [1.54, 1.807) is 24.1 Å². The molecule has 6 heteroatoms. The Morgan fingerprint density at radius 3 is 2.58 bits per heavy atom. The van der Waals surface area contributed by atoms with E-state index in [9.17, 15) is 9.59 Å². The van der Waals surface area contributed by atoms with E-state index < -0.39 is 0 Å². The van der Waals surface area contributed by atoms with Crippen molar-refractivity contribution >= 4 is 17.5 Å². The number of hydrogen-bond acceptors (Lipinski definition) is 4. The van der Waals surface area contributed by atoms with E-state index in [1.807, 2.05) is 42.5 Å². The van der Waals surface area contributed by atoms with Crippen molar-refractivity contribution in [1.29, 1.82) is 0 Å². The van der Waals surface area contributed by atoms with Crippen LogP contribution in [0.4, 0.5) is 5.69 Å². The number of ether oxygens (including phenoxy) is 1. The topological polar surface area (TPSA) is 84.7 Å². The van der Waals surface area contributed by atoms with Gasteiger partial charge < -0.3 is 20.7 Å². The van der Waals surface area contributed by atoms with Crippen molar-refractivity contribution in [3.63, 3.8) is 0 Å². The molecule has 1 heterocycles. The molecule has 1 saturated heterocycles. The number of carbonyl (C=O) groups excluding carboxylic acids is 2. The van der Waals surface area contributed by atoms with Gasteiger partial charge in [-0.05, 0) is 29.8 Å². The highest BCUT2D eigenvalue weighted by Gasteiger charge is 2.35. The van der Waals surface area contributed by atoms with Gasteiger partial charge in [0.15, 0.2) is 0 Å². The average molecular weight is 353 g/mol. The Hall–Kier alpha value is -2.86. The number of nitrogens with zero attached hydrogens (tertiary/aromatic N) is 1. The lowest BCUT2D eigenvalue weighted by Gasteiger charge is -2.18. The molecular weight excluding hydrogens is 330 g/mol. The molecule has 2 atom stereocenters. The van der Waals surface area contributed by atoms with Crippen LogP contribution in [0, 0.1) is 5.92 Å². The molecule has 2 amide bonds. The molecule has 0 spiro atoms. The minimum absolute atomic E-state index is 0.0531. The second-order valence-electron chi connectivity index (χ2n) is 6.37. The number of nitrogens with two attached hydrogens (primary N) is 1. The van der Waals surface area contributed by atoms with Crippen LogP contribution >= 0.6 is 0 Å². The third-order valence-corrected chi connectivity index (χ3v) is 4.60. The molecule has 1 aliphatic heterocycles. The van der Waals surface area contributed by atoms with Crippen LogP contribution in [0.15, 0.2) is 54.6 Å². The van der Waals surface area contributed by atoms with Crippen molar-refractivity contribution in [3.05, 3.63) is 60.2 Å². The molecule has 6 nitrogen and oxygen atoms in total. The largest absolute Gasteiger partial charge is 0.497 e. The normalized spacial score (nSPS) is 17.8. The van der Waals surface area contributed by atoms with Gasteiger partial charge in [0.05, 0.1) is 13.0 Å². The highest BCUT2D eigenvalue weighted by atomic mass is 16.5. The van der Waals surface area contributed by atoms with Gasteiger partial charge >= 0.3 is 0 Å². The first-order valence-corrected chi connectivity index (χ1v) is 8.61. The predicted octanol–water partition coefficient (Wildman–Crippen LogP) is 1.86. The van der Waals surface area contributed by atoms with Gasteiger partial charge in [0, 0.05) is 31.2 Å². The van der Waals surface area contributed by atoms with E-state index in [1.165, 1.54) is 0 Å². The second-order valence-corrected chi connectivity index (χ2v) is 6.37. The number of rotatable bonds is 6. The summed E-state index contributed by atoms with van der Waals surface area (Å²) in [5.74, 6) is 0.167. The van der Waals surface area contributed by atoms with Crippen LogP contribution in [0.5, 0.6) is 5.75 Å². The summed E-state index contributed by atoms with van der Waals surface area (Å²) in [7, 11) is 1.59. The lowest BCUT2D eigenvalue weighted by Crippen LogP contribution is -2.37. The summed E-state index contributed by atoms with van der Waals surface area (Å²) in [6, 6.07) is 16.6. The van der Waals surface area contributed by atoms with E-state index in [0.717, 1.165) is 17.0 Å². The molecule has 2 aromatic rings. The molecule has 0 aliphatic carbocycles. The molecule has 2 aromatic carbocycles. The summed E-state index contributed by atoms with van der Waals surface area (Å²) >= 11 is 0. The van der Waals surface area contributed by atoms with Gasteiger partial charge in [0.1, 0.15) is 5.75 Å². The van der Waals surface area contributed by atoms with Gasteiger partial charge in [-0.3, -0.25) is 9.59 Å². The summed E-state index contributed by atoms with van der Waals surface area (Å²) in [5, 5.41) is 2.87. The number of hydrogen-bond donors (Lipinski definition) is 2. The fourth-order valence-electron chi connectivity index (χ4n) is 3.07. The third-order valence-electron chi connectivity index (χ3n) is 4.60. The van der Waals surface area contributed by atoms with Crippen molar-refractivity contribution in [3.8, 4) is 5.75 Å². The highest BCUT2D eigenvalue weighted by Crippen LogP contribution is 2.27. The third kappa shape index (κ3) is 4.03. The van der Waals surface area contributed by atoms with Gasteiger partial charge in [-0.25, -0.2) is 0 Å². The zero-order chi connectivity index (χ0) is 18.5. The predicted molar refractivity (Wildman–Crippen MR) is 99.8 cm³/mol. The Morgan fingerprint density at radius 2 is 1.92 bits per heavy atom. The zero-order valence-electron chi connectivity index (χ0n) is 14.7. The summed E-state index contributed by atoms with van der Waals surface area (Å²) in [6.07, 6.45) is 0.207. The van der Waals surface area contributed by atoms with E-state index >= 15 is 0 Å². The van der Waals surface area contributed by atoms with Crippen LogP contribution in [-0.2, 0) is 9.59 Å². The first-order chi connectivity index (χ1) is 12.6. The summed E-state index contributed by atoms with van der Waals surface area (Å²) in [6.45, 7) is 0.716. The number of nitrogens with one attached hydrogen (secondary N) is 1. The highest BCUT2D eigenvalue weighted by molar-refractivity contribution is 6.00. The van der Waals surface area contributed by atoms with Gasteiger partial charge in [0.25, 0.3) is 0 Å². The molecule has 26 heavy (non-hydrogen) atoms.